The Bertz CT molecular complexity index is 1260. The molecular weight excluding hydrogens is 414 g/mol. The van der Waals surface area contributed by atoms with E-state index >= 15 is 0 Å². The molecule has 7 nitrogen and oxygen atoms in total. The van der Waals surface area contributed by atoms with Crippen LogP contribution in [0.1, 0.15) is 73.3 Å². The minimum absolute atomic E-state index is 0.103. The SMILES string of the molecule is Cc1cc2[nH]c(=O)c3cnn(C4CCCC4)c3c2cc1C(=O)N1CCN(C2CCCC2)CC1. The molecule has 0 atom stereocenters. The van der Waals surface area contributed by atoms with Gasteiger partial charge in [0.1, 0.15) is 0 Å². The van der Waals surface area contributed by atoms with E-state index in [-0.39, 0.29) is 11.5 Å². The molecule has 2 aromatic heterocycles. The molecular formula is C26H33N5O2. The lowest BCUT2D eigenvalue weighted by Gasteiger charge is -2.38. The molecule has 3 fully saturated rings. The van der Waals surface area contributed by atoms with Crippen molar-refractivity contribution in [3.05, 3.63) is 39.8 Å². The summed E-state index contributed by atoms with van der Waals surface area (Å²) in [5, 5.41) is 6.15. The number of carbonyl (C=O) groups is 1. The van der Waals surface area contributed by atoms with E-state index in [1.54, 1.807) is 6.20 Å². The van der Waals surface area contributed by atoms with Crippen LogP contribution in [0.4, 0.5) is 0 Å². The van der Waals surface area contributed by atoms with E-state index in [1.807, 2.05) is 28.6 Å². The minimum Gasteiger partial charge on any atom is -0.336 e. The average Bonchev–Trinajstić information content (AvgIpc) is 3.60. The molecule has 7 heteroatoms. The molecule has 33 heavy (non-hydrogen) atoms. The van der Waals surface area contributed by atoms with Gasteiger partial charge in [-0.15, -0.1) is 0 Å². The zero-order valence-electron chi connectivity index (χ0n) is 19.5. The number of H-pyrrole nitrogens is 1. The number of aromatic amines is 1. The highest BCUT2D eigenvalue weighted by Gasteiger charge is 2.29. The summed E-state index contributed by atoms with van der Waals surface area (Å²) < 4.78 is 2.05. The number of nitrogens with zero attached hydrogens (tertiary/aromatic N) is 4. The molecule has 6 rings (SSSR count). The van der Waals surface area contributed by atoms with Gasteiger partial charge in [0, 0.05) is 43.2 Å². The third-order valence-corrected chi connectivity index (χ3v) is 8.25. The largest absolute Gasteiger partial charge is 0.336 e. The van der Waals surface area contributed by atoms with Crippen LogP contribution in [0.2, 0.25) is 0 Å². The second-order valence-corrected chi connectivity index (χ2v) is 10.2. The van der Waals surface area contributed by atoms with Crippen LogP contribution in [0.3, 0.4) is 0 Å². The third kappa shape index (κ3) is 3.57. The van der Waals surface area contributed by atoms with E-state index < -0.39 is 0 Å². The summed E-state index contributed by atoms with van der Waals surface area (Å²) in [4.78, 5) is 33.9. The van der Waals surface area contributed by atoms with Gasteiger partial charge in [0.2, 0.25) is 0 Å². The Kier molecular flexibility index (Phi) is 5.24. The van der Waals surface area contributed by atoms with Crippen molar-refractivity contribution in [2.45, 2.75) is 70.4 Å². The van der Waals surface area contributed by atoms with Crippen molar-refractivity contribution in [1.82, 2.24) is 24.6 Å². The summed E-state index contributed by atoms with van der Waals surface area (Å²) in [5.74, 6) is 0.103. The van der Waals surface area contributed by atoms with Gasteiger partial charge in [0.05, 0.1) is 28.7 Å². The number of pyridine rings is 1. The Labute approximate surface area is 193 Å². The third-order valence-electron chi connectivity index (χ3n) is 8.25. The van der Waals surface area contributed by atoms with Gasteiger partial charge in [-0.2, -0.15) is 5.10 Å². The van der Waals surface area contributed by atoms with Crippen molar-refractivity contribution >= 4 is 27.7 Å². The van der Waals surface area contributed by atoms with Crippen LogP contribution in [-0.2, 0) is 0 Å². The summed E-state index contributed by atoms with van der Waals surface area (Å²) >= 11 is 0. The van der Waals surface area contributed by atoms with Crippen LogP contribution in [0.5, 0.6) is 0 Å². The van der Waals surface area contributed by atoms with Gasteiger partial charge in [-0.1, -0.05) is 25.7 Å². The van der Waals surface area contributed by atoms with Gasteiger partial charge in [-0.3, -0.25) is 19.2 Å². The first-order valence-electron chi connectivity index (χ1n) is 12.7. The number of benzene rings is 1. The average molecular weight is 448 g/mol. The second kappa shape index (κ2) is 8.28. The van der Waals surface area contributed by atoms with Crippen LogP contribution in [0.25, 0.3) is 21.8 Å². The number of rotatable bonds is 3. The van der Waals surface area contributed by atoms with Crippen LogP contribution in [-0.4, -0.2) is 62.7 Å². The summed E-state index contributed by atoms with van der Waals surface area (Å²) in [7, 11) is 0. The summed E-state index contributed by atoms with van der Waals surface area (Å²) in [5.41, 5.74) is 3.20. The number of nitrogens with one attached hydrogen (secondary N) is 1. The Balaban J connectivity index is 1.35. The first kappa shape index (κ1) is 20.9. The predicted octanol–water partition coefficient (Wildman–Crippen LogP) is 4.00. The first-order chi connectivity index (χ1) is 16.1. The predicted molar refractivity (Wildman–Crippen MR) is 130 cm³/mol. The van der Waals surface area contributed by atoms with Crippen LogP contribution < -0.4 is 5.56 Å². The summed E-state index contributed by atoms with van der Waals surface area (Å²) in [6.45, 7) is 5.48. The molecule has 1 N–H and O–H groups in total. The molecule has 2 aliphatic carbocycles. The first-order valence-corrected chi connectivity index (χ1v) is 12.7. The molecule has 0 bridgehead atoms. The maximum Gasteiger partial charge on any atom is 0.259 e. The number of hydrogen-bond donors (Lipinski definition) is 1. The number of aryl methyl sites for hydroxylation is 1. The highest BCUT2D eigenvalue weighted by molar-refractivity contribution is 6.07. The van der Waals surface area contributed by atoms with E-state index in [4.69, 9.17) is 0 Å². The van der Waals surface area contributed by atoms with E-state index in [0.29, 0.717) is 17.5 Å². The Hall–Kier alpha value is -2.67. The Morgan fingerprint density at radius 1 is 0.939 bits per heavy atom. The fourth-order valence-corrected chi connectivity index (χ4v) is 6.38. The number of fused-ring (bicyclic) bond motifs is 3. The van der Waals surface area contributed by atoms with Crippen molar-refractivity contribution in [3.8, 4) is 0 Å². The van der Waals surface area contributed by atoms with Gasteiger partial charge in [-0.25, -0.2) is 0 Å². The number of carbonyl (C=O) groups excluding carboxylic acids is 1. The van der Waals surface area contributed by atoms with Crippen molar-refractivity contribution in [1.29, 1.82) is 0 Å². The Morgan fingerprint density at radius 3 is 2.30 bits per heavy atom. The number of aromatic nitrogens is 3. The van der Waals surface area contributed by atoms with Crippen LogP contribution >= 0.6 is 0 Å². The lowest BCUT2D eigenvalue weighted by molar-refractivity contribution is 0.0573. The molecule has 0 unspecified atom stereocenters. The van der Waals surface area contributed by atoms with Gasteiger partial charge in [-0.05, 0) is 50.3 Å². The van der Waals surface area contributed by atoms with Crippen molar-refractivity contribution in [2.75, 3.05) is 26.2 Å². The molecule has 3 aliphatic rings. The smallest absolute Gasteiger partial charge is 0.259 e. The topological polar surface area (TPSA) is 74.2 Å². The normalized spacial score (nSPS) is 21.1. The van der Waals surface area contributed by atoms with Crippen molar-refractivity contribution < 1.29 is 4.79 Å². The molecule has 1 aliphatic heterocycles. The zero-order chi connectivity index (χ0) is 22.5. The van der Waals surface area contributed by atoms with E-state index in [1.165, 1.54) is 38.5 Å². The van der Waals surface area contributed by atoms with Crippen LogP contribution in [0.15, 0.2) is 23.1 Å². The molecule has 2 saturated carbocycles. The molecule has 0 spiro atoms. The maximum absolute atomic E-state index is 13.6. The molecule has 1 saturated heterocycles. The fourth-order valence-electron chi connectivity index (χ4n) is 6.38. The molecule has 3 aromatic rings. The Morgan fingerprint density at radius 2 is 1.61 bits per heavy atom. The van der Waals surface area contributed by atoms with Crippen molar-refractivity contribution in [2.24, 2.45) is 0 Å². The van der Waals surface area contributed by atoms with Gasteiger partial charge < -0.3 is 9.88 Å². The molecule has 1 aromatic carbocycles. The minimum atomic E-state index is -0.108. The van der Waals surface area contributed by atoms with Crippen LogP contribution in [0, 0.1) is 6.92 Å². The fraction of sp³-hybridized carbons (Fsp3) is 0.577. The quantitative estimate of drug-likeness (QED) is 0.659. The number of piperazine rings is 1. The number of hydrogen-bond acceptors (Lipinski definition) is 4. The summed E-state index contributed by atoms with van der Waals surface area (Å²) in [6, 6.07) is 5.01. The zero-order valence-corrected chi connectivity index (χ0v) is 19.5. The van der Waals surface area contributed by atoms with E-state index in [9.17, 15) is 9.59 Å². The molecule has 3 heterocycles. The second-order valence-electron chi connectivity index (χ2n) is 10.2. The van der Waals surface area contributed by atoms with Gasteiger partial charge >= 0.3 is 0 Å². The van der Waals surface area contributed by atoms with E-state index in [0.717, 1.165) is 66.6 Å². The van der Waals surface area contributed by atoms with E-state index in [2.05, 4.69) is 15.0 Å². The van der Waals surface area contributed by atoms with Crippen molar-refractivity contribution in [3.63, 3.8) is 0 Å². The monoisotopic (exact) mass is 447 g/mol. The highest BCUT2D eigenvalue weighted by atomic mass is 16.2. The summed E-state index contributed by atoms with van der Waals surface area (Å²) in [6.07, 6.45) is 11.6. The molecule has 1 amide bonds. The lowest BCUT2D eigenvalue weighted by Crippen LogP contribution is -2.51. The molecule has 174 valence electrons. The van der Waals surface area contributed by atoms with Gasteiger partial charge in [0.25, 0.3) is 11.5 Å². The van der Waals surface area contributed by atoms with Gasteiger partial charge in [0.15, 0.2) is 0 Å². The number of amides is 1. The standard InChI is InChI=1S/C26H33N5O2/c1-17-14-23-21(24-22(25(32)28-23)16-27-31(24)19-8-4-5-9-19)15-20(17)26(33)30-12-10-29(11-13-30)18-6-2-3-7-18/h14-16,18-19H,2-13H2,1H3,(H,28,32). The lowest BCUT2D eigenvalue weighted by atomic mass is 10.0. The molecule has 0 radical (unpaired) electrons. The maximum atomic E-state index is 13.6. The highest BCUT2D eigenvalue weighted by Crippen LogP contribution is 2.34.